The second kappa shape index (κ2) is 5.44. The van der Waals surface area contributed by atoms with Gasteiger partial charge in [0, 0.05) is 12.2 Å². The minimum absolute atomic E-state index is 0.0527. The maximum absolute atomic E-state index is 13.2. The molecule has 0 radical (unpaired) electrons. The molecule has 0 fully saturated rings. The zero-order valence-electron chi connectivity index (χ0n) is 8.96. The van der Waals surface area contributed by atoms with Gasteiger partial charge in [-0.25, -0.2) is 4.39 Å². The summed E-state index contributed by atoms with van der Waals surface area (Å²) >= 11 is 0. The summed E-state index contributed by atoms with van der Waals surface area (Å²) < 4.78 is 13.2. The van der Waals surface area contributed by atoms with Crippen LogP contribution in [0.5, 0.6) is 0 Å². The van der Waals surface area contributed by atoms with E-state index in [9.17, 15) is 9.18 Å². The highest BCUT2D eigenvalue weighted by atomic mass is 19.1. The molecule has 1 N–H and O–H groups in total. The van der Waals surface area contributed by atoms with Crippen molar-refractivity contribution in [1.82, 2.24) is 10.3 Å². The molecule has 82 valence electrons. The molecule has 0 aromatic carbocycles. The maximum atomic E-state index is 13.2. The molecule has 3 nitrogen and oxygen atoms in total. The first kappa shape index (κ1) is 11.6. The van der Waals surface area contributed by atoms with Crippen LogP contribution in [-0.4, -0.2) is 16.9 Å². The van der Waals surface area contributed by atoms with Crippen LogP contribution in [0.4, 0.5) is 4.39 Å². The Hall–Kier alpha value is -1.45. The average molecular weight is 210 g/mol. The van der Waals surface area contributed by atoms with Gasteiger partial charge in [-0.15, -0.1) is 0 Å². The topological polar surface area (TPSA) is 42.0 Å². The van der Waals surface area contributed by atoms with Crippen LogP contribution < -0.4 is 5.32 Å². The molecule has 0 aliphatic rings. The lowest BCUT2D eigenvalue weighted by atomic mass is 10.1. The largest absolute Gasteiger partial charge is 0.349 e. The molecule has 0 bridgehead atoms. The van der Waals surface area contributed by atoms with E-state index in [0.29, 0.717) is 0 Å². The second-order valence-corrected chi connectivity index (χ2v) is 3.34. The van der Waals surface area contributed by atoms with Crippen molar-refractivity contribution < 1.29 is 9.18 Å². The molecule has 0 unspecified atom stereocenters. The van der Waals surface area contributed by atoms with Crippen LogP contribution in [0.3, 0.4) is 0 Å². The number of hydrogen-bond acceptors (Lipinski definition) is 2. The fraction of sp³-hybridized carbons (Fsp3) is 0.455. The fourth-order valence-electron chi connectivity index (χ4n) is 1.32. The van der Waals surface area contributed by atoms with Crippen LogP contribution in [0, 0.1) is 5.82 Å². The van der Waals surface area contributed by atoms with E-state index in [1.165, 1.54) is 12.3 Å². The number of hydrogen-bond donors (Lipinski definition) is 1. The van der Waals surface area contributed by atoms with Gasteiger partial charge in [0.2, 0.25) is 0 Å². The molecule has 0 aliphatic carbocycles. The van der Waals surface area contributed by atoms with Gasteiger partial charge in [-0.3, -0.25) is 9.78 Å². The number of nitrogens with one attached hydrogen (secondary N) is 1. The summed E-state index contributed by atoms with van der Waals surface area (Å²) in [5.41, 5.74) is 0.0527. The zero-order chi connectivity index (χ0) is 11.3. The lowest BCUT2D eigenvalue weighted by Crippen LogP contribution is -2.34. The van der Waals surface area contributed by atoms with Crippen molar-refractivity contribution in [3.8, 4) is 0 Å². The van der Waals surface area contributed by atoms with Gasteiger partial charge in [0.15, 0.2) is 5.82 Å². The van der Waals surface area contributed by atoms with Crippen LogP contribution >= 0.6 is 0 Å². The van der Waals surface area contributed by atoms with E-state index in [1.54, 1.807) is 0 Å². The first-order chi connectivity index (χ1) is 7.19. The Morgan fingerprint density at radius 2 is 2.20 bits per heavy atom. The molecular formula is C11H15FN2O. The van der Waals surface area contributed by atoms with Crippen molar-refractivity contribution in [2.45, 2.75) is 32.7 Å². The number of carbonyl (C=O) groups is 1. The summed E-state index contributed by atoms with van der Waals surface area (Å²) in [6, 6.07) is 1.48. The molecular weight excluding hydrogens is 195 g/mol. The van der Waals surface area contributed by atoms with E-state index < -0.39 is 5.82 Å². The molecule has 0 saturated carbocycles. The molecule has 1 amide bonds. The molecule has 0 aliphatic heterocycles. The molecule has 1 aromatic heterocycles. The highest BCUT2D eigenvalue weighted by Gasteiger charge is 2.13. The number of aromatic nitrogens is 1. The van der Waals surface area contributed by atoms with Gasteiger partial charge in [0.1, 0.15) is 0 Å². The molecule has 1 heterocycles. The quantitative estimate of drug-likeness (QED) is 0.827. The minimum Gasteiger partial charge on any atom is -0.349 e. The summed E-state index contributed by atoms with van der Waals surface area (Å²) in [7, 11) is 0. The Balaban J connectivity index is 2.73. The van der Waals surface area contributed by atoms with Crippen molar-refractivity contribution in [2.24, 2.45) is 0 Å². The fourth-order valence-corrected chi connectivity index (χ4v) is 1.32. The van der Waals surface area contributed by atoms with Gasteiger partial charge in [-0.2, -0.15) is 0 Å². The van der Waals surface area contributed by atoms with Crippen LogP contribution in [0.1, 0.15) is 37.0 Å². The highest BCUT2D eigenvalue weighted by Crippen LogP contribution is 2.06. The predicted octanol–water partition coefficient (Wildman–Crippen LogP) is 2.14. The predicted molar refractivity (Wildman–Crippen MR) is 56.0 cm³/mol. The highest BCUT2D eigenvalue weighted by molar-refractivity contribution is 5.94. The first-order valence-electron chi connectivity index (χ1n) is 5.09. The van der Waals surface area contributed by atoms with Crippen molar-refractivity contribution in [3.05, 3.63) is 29.8 Å². The summed E-state index contributed by atoms with van der Waals surface area (Å²) in [5, 5.41) is 2.77. The van der Waals surface area contributed by atoms with Crippen molar-refractivity contribution in [2.75, 3.05) is 0 Å². The third kappa shape index (κ3) is 3.01. The number of halogens is 1. The molecule has 1 aromatic rings. The number of carbonyl (C=O) groups excluding carboxylic acids is 1. The zero-order valence-corrected chi connectivity index (χ0v) is 8.96. The van der Waals surface area contributed by atoms with Crippen molar-refractivity contribution in [3.63, 3.8) is 0 Å². The average Bonchev–Trinajstić information content (AvgIpc) is 2.26. The van der Waals surface area contributed by atoms with Gasteiger partial charge >= 0.3 is 0 Å². The van der Waals surface area contributed by atoms with E-state index in [1.807, 2.05) is 13.8 Å². The van der Waals surface area contributed by atoms with E-state index in [-0.39, 0.29) is 17.5 Å². The Morgan fingerprint density at radius 1 is 1.53 bits per heavy atom. The molecule has 0 atom stereocenters. The van der Waals surface area contributed by atoms with Gasteiger partial charge in [0.25, 0.3) is 5.91 Å². The molecule has 0 spiro atoms. The summed E-state index contributed by atoms with van der Waals surface area (Å²) in [4.78, 5) is 15.2. The van der Waals surface area contributed by atoms with Crippen molar-refractivity contribution in [1.29, 1.82) is 0 Å². The smallest absolute Gasteiger partial charge is 0.254 e. The van der Waals surface area contributed by atoms with E-state index in [2.05, 4.69) is 10.3 Å². The number of nitrogens with zero attached hydrogens (tertiary/aromatic N) is 1. The van der Waals surface area contributed by atoms with Crippen LogP contribution in [0.15, 0.2) is 18.5 Å². The number of amides is 1. The molecule has 15 heavy (non-hydrogen) atoms. The monoisotopic (exact) mass is 210 g/mol. The van der Waals surface area contributed by atoms with Gasteiger partial charge in [-0.05, 0) is 18.9 Å². The number of rotatable bonds is 4. The number of pyridine rings is 1. The van der Waals surface area contributed by atoms with Crippen molar-refractivity contribution >= 4 is 5.91 Å². The molecule has 1 rings (SSSR count). The standard InChI is InChI=1S/C11H15FN2O/c1-3-8(4-2)14-11(15)9-5-6-13-7-10(9)12/h5-8H,3-4H2,1-2H3,(H,14,15). The summed E-state index contributed by atoms with van der Waals surface area (Å²) in [5.74, 6) is -0.954. The van der Waals surface area contributed by atoms with E-state index in [0.717, 1.165) is 19.0 Å². The SMILES string of the molecule is CCC(CC)NC(=O)c1ccncc1F. The Morgan fingerprint density at radius 3 is 2.73 bits per heavy atom. The van der Waals surface area contributed by atoms with Crippen LogP contribution in [0.2, 0.25) is 0 Å². The van der Waals surface area contributed by atoms with Gasteiger partial charge in [0.05, 0.1) is 11.8 Å². The lowest BCUT2D eigenvalue weighted by Gasteiger charge is -2.14. The van der Waals surface area contributed by atoms with Crippen LogP contribution in [-0.2, 0) is 0 Å². The first-order valence-corrected chi connectivity index (χ1v) is 5.09. The van der Waals surface area contributed by atoms with E-state index >= 15 is 0 Å². The maximum Gasteiger partial charge on any atom is 0.254 e. The van der Waals surface area contributed by atoms with Gasteiger partial charge in [-0.1, -0.05) is 13.8 Å². The lowest BCUT2D eigenvalue weighted by molar-refractivity contribution is 0.0930. The third-order valence-electron chi connectivity index (χ3n) is 2.34. The van der Waals surface area contributed by atoms with Crippen LogP contribution in [0.25, 0.3) is 0 Å². The Kier molecular flexibility index (Phi) is 4.21. The summed E-state index contributed by atoms with van der Waals surface area (Å²) in [6.45, 7) is 3.97. The normalized spacial score (nSPS) is 10.4. The van der Waals surface area contributed by atoms with Gasteiger partial charge < -0.3 is 5.32 Å². The minimum atomic E-state index is -0.582. The third-order valence-corrected chi connectivity index (χ3v) is 2.34. The molecule has 0 saturated heterocycles. The Bertz CT molecular complexity index is 337. The summed E-state index contributed by atoms with van der Waals surface area (Å²) in [6.07, 6.45) is 4.14. The Labute approximate surface area is 88.7 Å². The second-order valence-electron chi connectivity index (χ2n) is 3.34. The van der Waals surface area contributed by atoms with E-state index in [4.69, 9.17) is 0 Å². The molecule has 4 heteroatoms.